The van der Waals surface area contributed by atoms with Crippen molar-refractivity contribution in [1.82, 2.24) is 0 Å². The Bertz CT molecular complexity index is 722. The zero-order valence-corrected chi connectivity index (χ0v) is 24.3. The van der Waals surface area contributed by atoms with E-state index < -0.39 is 5.60 Å². The lowest BCUT2D eigenvalue weighted by Crippen LogP contribution is -2.49. The molecule has 0 saturated carbocycles. The van der Waals surface area contributed by atoms with E-state index >= 15 is 0 Å². The Kier molecular flexibility index (Phi) is 13.0. The molecule has 8 heteroatoms. The number of Topliss-reactive ketones (excluding diaryl/α,β-unsaturated/α-hetero) is 1. The number of hydrogen-bond acceptors (Lipinski definition) is 8. The summed E-state index contributed by atoms with van der Waals surface area (Å²) in [7, 11) is 0. The Morgan fingerprint density at radius 2 is 1.19 bits per heavy atom. The summed E-state index contributed by atoms with van der Waals surface area (Å²) >= 11 is 0. The van der Waals surface area contributed by atoms with Crippen LogP contribution >= 0.6 is 0 Å². The number of hydrogen-bond donors (Lipinski definition) is 0. The third kappa shape index (κ3) is 9.42. The number of rotatable bonds is 9. The fourth-order valence-electron chi connectivity index (χ4n) is 4.58. The van der Waals surface area contributed by atoms with E-state index in [1.807, 2.05) is 13.8 Å². The monoisotopic (exact) mass is 514 g/mol. The molecule has 0 amide bonds. The van der Waals surface area contributed by atoms with Crippen molar-refractivity contribution in [3.05, 3.63) is 0 Å². The summed E-state index contributed by atoms with van der Waals surface area (Å²) < 4.78 is 29.0. The fourth-order valence-corrected chi connectivity index (χ4v) is 4.58. The van der Waals surface area contributed by atoms with Crippen LogP contribution in [0.25, 0.3) is 0 Å². The summed E-state index contributed by atoms with van der Waals surface area (Å²) in [5, 5.41) is 0. The molecule has 2 saturated heterocycles. The van der Waals surface area contributed by atoms with Gasteiger partial charge in [-0.25, -0.2) is 0 Å². The molecule has 2 aliphatic heterocycles. The number of esters is 2. The molecule has 9 atom stereocenters. The molecule has 9 unspecified atom stereocenters. The molecule has 0 bridgehead atoms. The van der Waals surface area contributed by atoms with Gasteiger partial charge in [0.2, 0.25) is 0 Å². The average Bonchev–Trinajstić information content (AvgIpc) is 3.00. The molecule has 2 rings (SSSR count). The van der Waals surface area contributed by atoms with Gasteiger partial charge in [-0.3, -0.25) is 14.4 Å². The maximum Gasteiger partial charge on any atom is 0.302 e. The number of carbonyl (C=O) groups excluding carboxylic acids is 3. The summed E-state index contributed by atoms with van der Waals surface area (Å²) in [4.78, 5) is 32.5. The van der Waals surface area contributed by atoms with E-state index in [9.17, 15) is 14.4 Å². The lowest BCUT2D eigenvalue weighted by atomic mass is 9.76. The van der Waals surface area contributed by atoms with Gasteiger partial charge in [0.05, 0.1) is 37.1 Å². The van der Waals surface area contributed by atoms with Crippen molar-refractivity contribution in [1.29, 1.82) is 0 Å². The van der Waals surface area contributed by atoms with E-state index in [1.165, 1.54) is 13.8 Å². The summed E-state index contributed by atoms with van der Waals surface area (Å²) in [5.74, 6) is 1.47. The Balaban J connectivity index is 0.000000960. The van der Waals surface area contributed by atoms with Crippen molar-refractivity contribution in [3.8, 4) is 0 Å². The van der Waals surface area contributed by atoms with Crippen LogP contribution in [-0.2, 0) is 38.1 Å². The normalized spacial score (nSPS) is 36.1. The minimum absolute atomic E-state index is 0.0636. The van der Waals surface area contributed by atoms with Gasteiger partial charge in [0, 0.05) is 19.8 Å². The fraction of sp³-hybridized carbons (Fsp3) is 0.893. The molecule has 0 aromatic rings. The van der Waals surface area contributed by atoms with Crippen LogP contribution in [0.5, 0.6) is 0 Å². The molecule has 0 radical (unpaired) electrons. The molecular formula is C28H50O8. The molecule has 0 spiro atoms. The van der Waals surface area contributed by atoms with Gasteiger partial charge in [-0.1, -0.05) is 48.5 Å². The third-order valence-electron chi connectivity index (χ3n) is 8.33. The van der Waals surface area contributed by atoms with E-state index in [0.717, 1.165) is 0 Å². The van der Waals surface area contributed by atoms with Crippen LogP contribution in [0.1, 0.15) is 76.2 Å². The molecule has 2 aliphatic rings. The van der Waals surface area contributed by atoms with E-state index in [0.29, 0.717) is 31.0 Å². The Morgan fingerprint density at radius 1 is 0.750 bits per heavy atom. The first-order chi connectivity index (χ1) is 16.6. The minimum atomic E-state index is -0.446. The van der Waals surface area contributed by atoms with Crippen LogP contribution in [0.15, 0.2) is 0 Å². The van der Waals surface area contributed by atoms with Crippen molar-refractivity contribution in [2.24, 2.45) is 35.5 Å². The highest BCUT2D eigenvalue weighted by molar-refractivity contribution is 5.77. The summed E-state index contributed by atoms with van der Waals surface area (Å²) in [6.07, 6.45) is -0.318. The molecule has 0 aromatic heterocycles. The minimum Gasteiger partial charge on any atom is -0.463 e. The quantitative estimate of drug-likeness (QED) is 0.416. The zero-order chi connectivity index (χ0) is 27.8. The van der Waals surface area contributed by atoms with Gasteiger partial charge >= 0.3 is 11.9 Å². The number of carbonyl (C=O) groups is 3. The maximum atomic E-state index is 11.2. The first-order valence-electron chi connectivity index (χ1n) is 13.3. The number of ether oxygens (including phenoxy) is 5. The zero-order valence-electron chi connectivity index (χ0n) is 24.3. The van der Waals surface area contributed by atoms with Gasteiger partial charge in [0.25, 0.3) is 0 Å². The molecule has 0 aliphatic carbocycles. The highest BCUT2D eigenvalue weighted by Gasteiger charge is 2.48. The Hall–Kier alpha value is -1.51. The SMILES string of the molecule is CC(=O)C(C)C.CC(=O)OCC1OC(COCC2(C)OC(COC(C)=O)C(C)C2C)C(C)C(C)C1C. The van der Waals surface area contributed by atoms with Gasteiger partial charge in [0.1, 0.15) is 19.0 Å². The number of ketones is 1. The predicted molar refractivity (Wildman–Crippen MR) is 137 cm³/mol. The van der Waals surface area contributed by atoms with Gasteiger partial charge in [0.15, 0.2) is 0 Å². The Morgan fingerprint density at radius 3 is 1.64 bits per heavy atom. The van der Waals surface area contributed by atoms with Crippen molar-refractivity contribution in [3.63, 3.8) is 0 Å². The van der Waals surface area contributed by atoms with Crippen molar-refractivity contribution >= 4 is 17.7 Å². The lowest BCUT2D eigenvalue weighted by molar-refractivity contribution is -0.187. The van der Waals surface area contributed by atoms with Gasteiger partial charge < -0.3 is 23.7 Å². The van der Waals surface area contributed by atoms with Gasteiger partial charge in [-0.2, -0.15) is 0 Å². The highest BCUT2D eigenvalue weighted by atomic mass is 16.6. The second-order valence-corrected chi connectivity index (χ2v) is 11.3. The summed E-state index contributed by atoms with van der Waals surface area (Å²) in [6, 6.07) is 0. The second kappa shape index (κ2) is 14.4. The largest absolute Gasteiger partial charge is 0.463 e. The molecule has 36 heavy (non-hydrogen) atoms. The smallest absolute Gasteiger partial charge is 0.302 e. The van der Waals surface area contributed by atoms with Crippen molar-refractivity contribution in [2.45, 2.75) is 100 Å². The predicted octanol–water partition coefficient (Wildman–Crippen LogP) is 4.47. The molecule has 2 heterocycles. The van der Waals surface area contributed by atoms with Crippen molar-refractivity contribution < 1.29 is 38.1 Å². The van der Waals surface area contributed by atoms with Crippen LogP contribution in [0, 0.1) is 35.5 Å². The first kappa shape index (κ1) is 32.5. The molecule has 0 N–H and O–H groups in total. The maximum absolute atomic E-state index is 11.2. The van der Waals surface area contributed by atoms with Crippen LogP contribution in [0.2, 0.25) is 0 Å². The highest BCUT2D eigenvalue weighted by Crippen LogP contribution is 2.41. The standard InChI is InChI=1S/C23H40O7.C5H10O/c1-13-14(2)20(29-21(15(13)3)10-27-18(6)24)9-26-12-23(8)17(5)16(4)22(30-23)11-28-19(7)25;1-4(2)5(3)6/h13-17,20-22H,9-12H2,1-8H3;4H,1-3H3. The van der Waals surface area contributed by atoms with E-state index in [1.54, 1.807) is 6.92 Å². The van der Waals surface area contributed by atoms with Gasteiger partial charge in [-0.05, 0) is 43.4 Å². The Labute approximate surface area is 218 Å². The molecule has 0 aromatic carbocycles. The van der Waals surface area contributed by atoms with Crippen LogP contribution in [0.4, 0.5) is 0 Å². The second-order valence-electron chi connectivity index (χ2n) is 11.3. The van der Waals surface area contributed by atoms with Crippen LogP contribution in [-0.4, -0.2) is 68.1 Å². The summed E-state index contributed by atoms with van der Waals surface area (Å²) in [6.45, 7) is 22.5. The third-order valence-corrected chi connectivity index (χ3v) is 8.33. The lowest BCUT2D eigenvalue weighted by Gasteiger charge is -2.43. The van der Waals surface area contributed by atoms with Crippen molar-refractivity contribution in [2.75, 3.05) is 26.4 Å². The average molecular weight is 515 g/mol. The van der Waals surface area contributed by atoms with E-state index in [2.05, 4.69) is 41.5 Å². The molecule has 210 valence electrons. The van der Waals surface area contributed by atoms with Gasteiger partial charge in [-0.15, -0.1) is 0 Å². The topological polar surface area (TPSA) is 97.4 Å². The molecular weight excluding hydrogens is 464 g/mol. The van der Waals surface area contributed by atoms with Crippen LogP contribution < -0.4 is 0 Å². The van der Waals surface area contributed by atoms with E-state index in [-0.39, 0.29) is 67.0 Å². The van der Waals surface area contributed by atoms with Crippen LogP contribution in [0.3, 0.4) is 0 Å². The molecule has 2 fully saturated rings. The summed E-state index contributed by atoms with van der Waals surface area (Å²) in [5.41, 5.74) is -0.446. The van der Waals surface area contributed by atoms with E-state index in [4.69, 9.17) is 23.7 Å². The molecule has 8 nitrogen and oxygen atoms in total. The first-order valence-corrected chi connectivity index (χ1v) is 13.3.